The lowest BCUT2D eigenvalue weighted by Crippen LogP contribution is -2.39. The zero-order valence-electron chi connectivity index (χ0n) is 14.8. The molecule has 0 saturated carbocycles. The van der Waals surface area contributed by atoms with Crippen molar-refractivity contribution in [3.8, 4) is 0 Å². The van der Waals surface area contributed by atoms with Crippen LogP contribution >= 0.6 is 11.8 Å². The molecule has 140 valence electrons. The van der Waals surface area contributed by atoms with E-state index in [4.69, 9.17) is 0 Å². The minimum atomic E-state index is -0.442. The van der Waals surface area contributed by atoms with Crippen molar-refractivity contribution < 1.29 is 9.59 Å². The number of para-hydroxylation sites is 2. The Balaban J connectivity index is 1.63. The van der Waals surface area contributed by atoms with Gasteiger partial charge in [0.1, 0.15) is 11.5 Å². The number of aromatic nitrogens is 4. The van der Waals surface area contributed by atoms with E-state index in [0.717, 1.165) is 23.2 Å². The van der Waals surface area contributed by atoms with Crippen molar-refractivity contribution in [3.05, 3.63) is 54.4 Å². The number of hydrogen-bond acceptors (Lipinski definition) is 6. The fourth-order valence-corrected chi connectivity index (χ4v) is 3.03. The molecule has 2 heterocycles. The van der Waals surface area contributed by atoms with Crippen LogP contribution in [0.4, 0.5) is 0 Å². The van der Waals surface area contributed by atoms with E-state index in [1.54, 1.807) is 11.8 Å². The highest BCUT2D eigenvalue weighted by atomic mass is 32.2. The monoisotopic (exact) mass is 384 g/mol. The molecule has 0 spiro atoms. The number of fused-ring (bicyclic) bond motifs is 1. The lowest BCUT2D eigenvalue weighted by molar-refractivity contribution is -0.120. The number of rotatable bonds is 8. The first-order valence-corrected chi connectivity index (χ1v) is 9.84. The summed E-state index contributed by atoms with van der Waals surface area (Å²) < 4.78 is 0. The normalized spacial score (nSPS) is 11.9. The second kappa shape index (κ2) is 9.13. The largest absolute Gasteiger partial charge is 0.345 e. The molecule has 0 radical (unpaired) electrons. The van der Waals surface area contributed by atoms with Crippen molar-refractivity contribution in [1.29, 1.82) is 0 Å². The van der Waals surface area contributed by atoms with E-state index in [0.29, 0.717) is 5.82 Å². The van der Waals surface area contributed by atoms with Gasteiger partial charge in [-0.1, -0.05) is 12.1 Å². The Labute approximate surface area is 160 Å². The van der Waals surface area contributed by atoms with E-state index >= 15 is 0 Å². The van der Waals surface area contributed by atoms with Gasteiger partial charge in [0.05, 0.1) is 29.8 Å². The molecule has 1 aromatic carbocycles. The number of benzene rings is 1. The average Bonchev–Trinajstić information content (AvgIpc) is 3.14. The van der Waals surface area contributed by atoms with Crippen molar-refractivity contribution >= 4 is 34.6 Å². The van der Waals surface area contributed by atoms with Gasteiger partial charge in [-0.15, -0.1) is 0 Å². The molecule has 1 atom stereocenters. The minimum absolute atomic E-state index is 0.147. The van der Waals surface area contributed by atoms with Gasteiger partial charge in [-0.25, -0.2) is 9.97 Å². The Hall–Kier alpha value is -2.94. The Morgan fingerprint density at radius 3 is 2.85 bits per heavy atom. The Kier molecular flexibility index (Phi) is 6.37. The van der Waals surface area contributed by atoms with Crippen LogP contribution in [-0.2, 0) is 4.79 Å². The quantitative estimate of drug-likeness (QED) is 0.545. The first-order valence-electron chi connectivity index (χ1n) is 8.44. The van der Waals surface area contributed by atoms with Crippen LogP contribution in [0, 0.1) is 0 Å². The van der Waals surface area contributed by atoms with Gasteiger partial charge in [-0.3, -0.25) is 14.6 Å². The van der Waals surface area contributed by atoms with Crippen molar-refractivity contribution in [1.82, 2.24) is 30.6 Å². The standard InChI is InChI=1S/C18H20N6O2S/c1-27-9-6-14(17-23-12-4-2-3-5-13(12)24-17)22-16(25)11-21-18(26)15-10-19-7-8-20-15/h2-5,7-8,10,14H,6,9,11H2,1H3,(H,21,26)(H,22,25)(H,23,24)/t14-/m0/s1. The molecule has 2 amide bonds. The van der Waals surface area contributed by atoms with E-state index in [1.165, 1.54) is 18.6 Å². The smallest absolute Gasteiger partial charge is 0.271 e. The topological polar surface area (TPSA) is 113 Å². The van der Waals surface area contributed by atoms with E-state index in [1.807, 2.05) is 30.5 Å². The van der Waals surface area contributed by atoms with Crippen molar-refractivity contribution in [2.75, 3.05) is 18.6 Å². The van der Waals surface area contributed by atoms with Crippen LogP contribution < -0.4 is 10.6 Å². The maximum absolute atomic E-state index is 12.3. The number of aromatic amines is 1. The molecule has 3 N–H and O–H groups in total. The molecule has 0 bridgehead atoms. The maximum Gasteiger partial charge on any atom is 0.271 e. The van der Waals surface area contributed by atoms with E-state index in [-0.39, 0.29) is 24.2 Å². The zero-order valence-corrected chi connectivity index (χ0v) is 15.6. The summed E-state index contributed by atoms with van der Waals surface area (Å²) >= 11 is 1.70. The van der Waals surface area contributed by atoms with Gasteiger partial charge >= 0.3 is 0 Å². The van der Waals surface area contributed by atoms with Crippen LogP contribution in [-0.4, -0.2) is 50.3 Å². The van der Waals surface area contributed by atoms with Crippen LogP contribution in [0.3, 0.4) is 0 Å². The van der Waals surface area contributed by atoms with Crippen LogP contribution in [0.25, 0.3) is 11.0 Å². The first kappa shape index (κ1) is 18.8. The van der Waals surface area contributed by atoms with Gasteiger partial charge in [0.25, 0.3) is 5.91 Å². The van der Waals surface area contributed by atoms with E-state index in [9.17, 15) is 9.59 Å². The number of H-pyrrole nitrogens is 1. The lowest BCUT2D eigenvalue weighted by atomic mass is 10.2. The molecule has 9 heteroatoms. The Morgan fingerprint density at radius 1 is 1.26 bits per heavy atom. The molecule has 8 nitrogen and oxygen atoms in total. The highest BCUT2D eigenvalue weighted by Gasteiger charge is 2.19. The fourth-order valence-electron chi connectivity index (χ4n) is 2.56. The SMILES string of the molecule is CSCC[C@H](NC(=O)CNC(=O)c1cnccn1)c1nc2ccccc2[nH]1. The van der Waals surface area contributed by atoms with Gasteiger partial charge < -0.3 is 15.6 Å². The summed E-state index contributed by atoms with van der Waals surface area (Å²) in [5, 5.41) is 5.49. The predicted molar refractivity (Wildman–Crippen MR) is 104 cm³/mol. The number of nitrogens with zero attached hydrogens (tertiary/aromatic N) is 3. The third-order valence-corrected chi connectivity index (χ3v) is 4.53. The zero-order chi connectivity index (χ0) is 19.1. The van der Waals surface area contributed by atoms with Crippen LogP contribution in [0.15, 0.2) is 42.9 Å². The molecule has 0 aliphatic heterocycles. The second-order valence-electron chi connectivity index (χ2n) is 5.81. The number of carbonyl (C=O) groups excluding carboxylic acids is 2. The highest BCUT2D eigenvalue weighted by Crippen LogP contribution is 2.19. The van der Waals surface area contributed by atoms with Gasteiger partial charge in [0, 0.05) is 12.4 Å². The minimum Gasteiger partial charge on any atom is -0.345 e. The van der Waals surface area contributed by atoms with E-state index in [2.05, 4.69) is 30.6 Å². The molecule has 3 rings (SSSR count). The fraction of sp³-hybridized carbons (Fsp3) is 0.278. The molecular formula is C18H20N6O2S. The van der Waals surface area contributed by atoms with Crippen molar-refractivity contribution in [3.63, 3.8) is 0 Å². The molecule has 0 fully saturated rings. The molecule has 27 heavy (non-hydrogen) atoms. The van der Waals surface area contributed by atoms with Crippen molar-refractivity contribution in [2.45, 2.75) is 12.5 Å². The molecular weight excluding hydrogens is 364 g/mol. The van der Waals surface area contributed by atoms with Gasteiger partial charge in [0.2, 0.25) is 5.91 Å². The summed E-state index contributed by atoms with van der Waals surface area (Å²) in [6.07, 6.45) is 6.99. The van der Waals surface area contributed by atoms with Gasteiger partial charge in [-0.2, -0.15) is 11.8 Å². The van der Waals surface area contributed by atoms with Gasteiger partial charge in [0.15, 0.2) is 0 Å². The summed E-state index contributed by atoms with van der Waals surface area (Å²) in [6, 6.07) is 7.46. The highest BCUT2D eigenvalue weighted by molar-refractivity contribution is 7.98. The first-order chi connectivity index (χ1) is 13.2. The Morgan fingerprint density at radius 2 is 2.11 bits per heavy atom. The summed E-state index contributed by atoms with van der Waals surface area (Å²) in [6.45, 7) is -0.147. The molecule has 0 aliphatic rings. The number of imidazole rings is 1. The molecule has 0 saturated heterocycles. The number of hydrogen-bond donors (Lipinski definition) is 3. The lowest BCUT2D eigenvalue weighted by Gasteiger charge is -2.16. The molecule has 0 unspecified atom stereocenters. The predicted octanol–water partition coefficient (Wildman–Crippen LogP) is 1.69. The maximum atomic E-state index is 12.3. The summed E-state index contributed by atoms with van der Waals surface area (Å²) in [5.74, 6) is 0.842. The number of amides is 2. The Bertz CT molecular complexity index is 881. The van der Waals surface area contributed by atoms with E-state index < -0.39 is 5.91 Å². The average molecular weight is 384 g/mol. The van der Waals surface area contributed by atoms with Gasteiger partial charge in [-0.05, 0) is 30.6 Å². The summed E-state index contributed by atoms with van der Waals surface area (Å²) in [5.41, 5.74) is 1.94. The number of thioether (sulfide) groups is 1. The molecule has 3 aromatic rings. The summed E-state index contributed by atoms with van der Waals surface area (Å²) in [7, 11) is 0. The second-order valence-corrected chi connectivity index (χ2v) is 6.80. The third kappa shape index (κ3) is 5.04. The number of carbonyl (C=O) groups is 2. The van der Waals surface area contributed by atoms with Crippen LogP contribution in [0.2, 0.25) is 0 Å². The molecule has 0 aliphatic carbocycles. The summed E-state index contributed by atoms with van der Waals surface area (Å²) in [4.78, 5) is 39.9. The van der Waals surface area contributed by atoms with Crippen LogP contribution in [0.5, 0.6) is 0 Å². The van der Waals surface area contributed by atoms with Crippen LogP contribution in [0.1, 0.15) is 28.8 Å². The molecule has 2 aromatic heterocycles. The third-order valence-electron chi connectivity index (χ3n) is 3.89. The van der Waals surface area contributed by atoms with Crippen molar-refractivity contribution in [2.24, 2.45) is 0 Å². The number of nitrogens with one attached hydrogen (secondary N) is 3.